The lowest BCUT2D eigenvalue weighted by Crippen LogP contribution is -2.53. The van der Waals surface area contributed by atoms with Crippen molar-refractivity contribution in [2.24, 2.45) is 5.92 Å². The number of carbonyl (C=O) groups is 3. The molecule has 3 atom stereocenters. The first-order valence-electron chi connectivity index (χ1n) is 13.6. The molecular formula is C31H34N4O6. The molecule has 1 unspecified atom stereocenters. The molecule has 0 bridgehead atoms. The van der Waals surface area contributed by atoms with E-state index in [2.05, 4.69) is 16.0 Å². The third kappa shape index (κ3) is 5.36. The Morgan fingerprint density at radius 1 is 0.927 bits per heavy atom. The van der Waals surface area contributed by atoms with E-state index in [1.165, 1.54) is 6.92 Å². The van der Waals surface area contributed by atoms with Crippen molar-refractivity contribution in [3.63, 3.8) is 0 Å². The number of benzene rings is 3. The second-order valence-corrected chi connectivity index (χ2v) is 10.8. The van der Waals surface area contributed by atoms with Gasteiger partial charge in [0.15, 0.2) is 5.60 Å². The van der Waals surface area contributed by atoms with Crippen LogP contribution in [0, 0.1) is 5.92 Å². The molecule has 214 valence electrons. The molecule has 0 aromatic heterocycles. The summed E-state index contributed by atoms with van der Waals surface area (Å²) in [6.45, 7) is 4.95. The quantitative estimate of drug-likeness (QED) is 0.266. The van der Waals surface area contributed by atoms with E-state index in [1.807, 2.05) is 56.3 Å². The molecule has 10 heteroatoms. The molecule has 5 rings (SSSR count). The number of ether oxygens (including phenoxy) is 2. The average molecular weight is 559 g/mol. The third-order valence-electron chi connectivity index (χ3n) is 7.29. The number of carbonyl (C=O) groups excluding carboxylic acids is 3. The summed E-state index contributed by atoms with van der Waals surface area (Å²) in [6, 6.07) is 16.7. The van der Waals surface area contributed by atoms with Gasteiger partial charge in [-0.1, -0.05) is 38.1 Å². The van der Waals surface area contributed by atoms with Crippen LogP contribution in [0.3, 0.4) is 0 Å². The van der Waals surface area contributed by atoms with Gasteiger partial charge in [-0.2, -0.15) is 0 Å². The Bertz CT molecular complexity index is 1510. The van der Waals surface area contributed by atoms with Crippen LogP contribution in [0.5, 0.6) is 11.5 Å². The third-order valence-corrected chi connectivity index (χ3v) is 7.29. The van der Waals surface area contributed by atoms with Crippen molar-refractivity contribution in [3.8, 4) is 11.5 Å². The van der Waals surface area contributed by atoms with E-state index >= 15 is 0 Å². The molecular weight excluding hydrogens is 524 g/mol. The summed E-state index contributed by atoms with van der Waals surface area (Å²) in [4.78, 5) is 37.6. The molecule has 0 fully saturated rings. The minimum Gasteiger partial charge on any atom is -0.456 e. The molecule has 2 heterocycles. The summed E-state index contributed by atoms with van der Waals surface area (Å²) < 4.78 is 12.8. The van der Waals surface area contributed by atoms with Crippen LogP contribution in [-0.2, 0) is 31.3 Å². The molecule has 0 saturated heterocycles. The molecule has 3 aromatic rings. The van der Waals surface area contributed by atoms with E-state index in [9.17, 15) is 19.5 Å². The molecule has 3 aromatic carbocycles. The van der Waals surface area contributed by atoms with Gasteiger partial charge >= 0.3 is 0 Å². The molecule has 2 aliphatic heterocycles. The van der Waals surface area contributed by atoms with Gasteiger partial charge in [0.25, 0.3) is 0 Å². The van der Waals surface area contributed by atoms with Gasteiger partial charge in [0, 0.05) is 41.6 Å². The van der Waals surface area contributed by atoms with Crippen molar-refractivity contribution in [2.45, 2.75) is 51.5 Å². The van der Waals surface area contributed by atoms with Gasteiger partial charge in [0.05, 0.1) is 13.2 Å². The van der Waals surface area contributed by atoms with Crippen molar-refractivity contribution in [3.05, 3.63) is 82.9 Å². The largest absolute Gasteiger partial charge is 0.456 e. The second-order valence-electron chi connectivity index (χ2n) is 10.8. The van der Waals surface area contributed by atoms with E-state index in [0.29, 0.717) is 35.9 Å². The second kappa shape index (κ2) is 11.2. The van der Waals surface area contributed by atoms with Gasteiger partial charge < -0.3 is 36.3 Å². The van der Waals surface area contributed by atoms with Gasteiger partial charge in [-0.25, -0.2) is 0 Å². The number of fused-ring (bicyclic) bond motifs is 6. The van der Waals surface area contributed by atoms with E-state index in [1.54, 1.807) is 18.2 Å². The molecule has 0 aliphatic carbocycles. The summed E-state index contributed by atoms with van der Waals surface area (Å²) in [5.41, 5.74) is 9.79. The highest BCUT2D eigenvalue weighted by atomic mass is 16.5. The lowest BCUT2D eigenvalue weighted by atomic mass is 9.77. The Balaban J connectivity index is 1.41. The number of anilines is 2. The molecule has 10 nitrogen and oxygen atoms in total. The lowest BCUT2D eigenvalue weighted by Gasteiger charge is -2.37. The number of nitrogens with one attached hydrogen (secondary N) is 3. The fourth-order valence-electron chi connectivity index (χ4n) is 5.50. The number of hydrogen-bond acceptors (Lipinski definition) is 7. The zero-order valence-corrected chi connectivity index (χ0v) is 23.2. The van der Waals surface area contributed by atoms with Gasteiger partial charge in [-0.05, 0) is 47.7 Å². The zero-order chi connectivity index (χ0) is 29.3. The first kappa shape index (κ1) is 28.1. The van der Waals surface area contributed by atoms with E-state index < -0.39 is 36.1 Å². The average Bonchev–Trinajstić information content (AvgIpc) is 3.30. The number of rotatable bonds is 8. The molecule has 41 heavy (non-hydrogen) atoms. The maximum atomic E-state index is 13.1. The minimum atomic E-state index is -1.24. The summed E-state index contributed by atoms with van der Waals surface area (Å²) in [6.07, 6.45) is 0.381. The van der Waals surface area contributed by atoms with Crippen molar-refractivity contribution in [1.29, 1.82) is 0 Å². The van der Waals surface area contributed by atoms with Crippen LogP contribution in [0.1, 0.15) is 49.4 Å². The smallest absolute Gasteiger partial charge is 0.249 e. The first-order chi connectivity index (χ1) is 19.6. The Hall–Kier alpha value is -4.41. The van der Waals surface area contributed by atoms with Crippen LogP contribution < -0.4 is 26.4 Å². The van der Waals surface area contributed by atoms with Crippen molar-refractivity contribution in [1.82, 2.24) is 10.6 Å². The first-order valence-corrected chi connectivity index (χ1v) is 13.6. The van der Waals surface area contributed by atoms with Crippen LogP contribution in [-0.4, -0.2) is 41.5 Å². The Morgan fingerprint density at radius 2 is 1.63 bits per heavy atom. The number of nitrogens with two attached hydrogens (primary N) is 1. The molecule has 0 saturated carbocycles. The summed E-state index contributed by atoms with van der Waals surface area (Å²) >= 11 is 0. The summed E-state index contributed by atoms with van der Waals surface area (Å²) in [5, 5.41) is 17.8. The molecule has 0 radical (unpaired) electrons. The van der Waals surface area contributed by atoms with Gasteiger partial charge in [0.2, 0.25) is 17.7 Å². The number of hydrogen-bond donors (Lipinski definition) is 5. The van der Waals surface area contributed by atoms with Crippen LogP contribution in [0.15, 0.2) is 60.7 Å². The minimum absolute atomic E-state index is 0.120. The van der Waals surface area contributed by atoms with E-state index in [4.69, 9.17) is 15.2 Å². The predicted octanol–water partition coefficient (Wildman–Crippen LogP) is 3.16. The van der Waals surface area contributed by atoms with Crippen LogP contribution in [0.2, 0.25) is 0 Å². The van der Waals surface area contributed by atoms with Gasteiger partial charge in [0.1, 0.15) is 23.6 Å². The van der Waals surface area contributed by atoms with Crippen LogP contribution >= 0.6 is 0 Å². The SMILES string of the molecule is CC(=O)N[C@@H](CC(C)C)C(=O)N[C@@H](CO)C(=O)Nc1ccc2c(c1)Oc1cc(N)ccc1C21OCc2ccccc21. The Kier molecular flexibility index (Phi) is 7.70. The normalized spacial score (nSPS) is 18.0. The highest BCUT2D eigenvalue weighted by molar-refractivity contribution is 5.98. The van der Waals surface area contributed by atoms with Crippen LogP contribution in [0.4, 0.5) is 11.4 Å². The number of aliphatic hydroxyl groups is 1. The van der Waals surface area contributed by atoms with E-state index in [0.717, 1.165) is 22.3 Å². The molecule has 2 aliphatic rings. The van der Waals surface area contributed by atoms with Crippen molar-refractivity contribution < 1.29 is 29.0 Å². The fraction of sp³-hybridized carbons (Fsp3) is 0.323. The fourth-order valence-corrected chi connectivity index (χ4v) is 5.50. The Morgan fingerprint density at radius 3 is 2.34 bits per heavy atom. The standard InChI is InChI=1S/C31H34N4O6/c1-17(2)12-25(33-18(3)37)29(38)35-26(15-36)30(39)34-21-9-11-24-28(14-21)41-27-13-20(32)8-10-23(27)31(24)22-7-5-4-6-19(22)16-40-31/h4-11,13-14,17,25-26,36H,12,15-16,32H2,1-3H3,(H,33,37)(H,34,39)(H,35,38)/t25-,26-,31?/m0/s1. The summed E-state index contributed by atoms with van der Waals surface area (Å²) in [7, 11) is 0. The highest BCUT2D eigenvalue weighted by Gasteiger charge is 2.49. The molecule has 3 amide bonds. The molecule has 6 N–H and O–H groups in total. The Labute approximate surface area is 238 Å². The number of aliphatic hydroxyl groups excluding tert-OH is 1. The maximum Gasteiger partial charge on any atom is 0.249 e. The highest BCUT2D eigenvalue weighted by Crippen LogP contribution is 2.56. The summed E-state index contributed by atoms with van der Waals surface area (Å²) in [5.74, 6) is -0.388. The van der Waals surface area contributed by atoms with Crippen LogP contribution in [0.25, 0.3) is 0 Å². The van der Waals surface area contributed by atoms with Gasteiger partial charge in [-0.15, -0.1) is 0 Å². The maximum absolute atomic E-state index is 13.1. The van der Waals surface area contributed by atoms with Crippen molar-refractivity contribution in [2.75, 3.05) is 17.7 Å². The predicted molar refractivity (Wildman–Crippen MR) is 153 cm³/mol. The topological polar surface area (TPSA) is 152 Å². The zero-order valence-electron chi connectivity index (χ0n) is 23.2. The van der Waals surface area contributed by atoms with Gasteiger partial charge in [-0.3, -0.25) is 14.4 Å². The number of amides is 3. The monoisotopic (exact) mass is 558 g/mol. The molecule has 1 spiro atoms. The van der Waals surface area contributed by atoms with Crippen molar-refractivity contribution >= 4 is 29.1 Å². The lowest BCUT2D eigenvalue weighted by molar-refractivity contribution is -0.131. The van der Waals surface area contributed by atoms with E-state index in [-0.39, 0.29) is 11.8 Å². The number of nitrogen functional groups attached to an aromatic ring is 1.